The molecule has 4 heteroatoms. The van der Waals surface area contributed by atoms with Crippen molar-refractivity contribution in [2.24, 2.45) is 0 Å². The number of aromatic nitrogens is 2. The number of likely N-dealkylation sites (N-methyl/N-ethyl adjacent to an activating group) is 1. The van der Waals surface area contributed by atoms with Crippen LogP contribution in [-0.4, -0.2) is 16.8 Å². The molecule has 0 fully saturated rings. The van der Waals surface area contributed by atoms with E-state index in [0.717, 1.165) is 17.7 Å². The van der Waals surface area contributed by atoms with E-state index in [-0.39, 0.29) is 11.9 Å². The molecule has 0 saturated carbocycles. The average Bonchev–Trinajstić information content (AvgIpc) is 2.88. The molecule has 108 valence electrons. The third kappa shape index (κ3) is 3.25. The lowest BCUT2D eigenvalue weighted by atomic mass is 10.0. The quantitative estimate of drug-likeness (QED) is 0.906. The van der Waals surface area contributed by atoms with Gasteiger partial charge in [-0.05, 0) is 51.1 Å². The van der Waals surface area contributed by atoms with Crippen LogP contribution in [0.5, 0.6) is 0 Å². The Balaban J connectivity index is 2.17. The van der Waals surface area contributed by atoms with Gasteiger partial charge in [0.1, 0.15) is 5.82 Å². The molecule has 1 N–H and O–H groups in total. The summed E-state index contributed by atoms with van der Waals surface area (Å²) in [7, 11) is 1.89. The first-order valence-electron chi connectivity index (χ1n) is 6.98. The Morgan fingerprint density at radius 3 is 2.60 bits per heavy atom. The van der Waals surface area contributed by atoms with Gasteiger partial charge in [0.25, 0.3) is 0 Å². The van der Waals surface area contributed by atoms with Crippen LogP contribution in [-0.2, 0) is 6.42 Å². The molecule has 1 atom stereocenters. The zero-order valence-corrected chi connectivity index (χ0v) is 12.5. The van der Waals surface area contributed by atoms with E-state index in [1.165, 1.54) is 0 Å². The first kappa shape index (κ1) is 14.7. The fraction of sp³-hybridized carbons (Fsp3) is 0.438. The van der Waals surface area contributed by atoms with Crippen LogP contribution in [0.1, 0.15) is 42.8 Å². The zero-order valence-electron chi connectivity index (χ0n) is 12.5. The standard InChI is InChI=1S/C16H22FN3/c1-11(2)20-8-7-14(19-20)10-16(18-4)13-6-5-12(3)15(17)9-13/h5-9,11,16,18H,10H2,1-4H3. The van der Waals surface area contributed by atoms with Gasteiger partial charge in [0.05, 0.1) is 5.69 Å². The summed E-state index contributed by atoms with van der Waals surface area (Å²) in [5.41, 5.74) is 2.64. The first-order valence-corrected chi connectivity index (χ1v) is 6.98. The maximum Gasteiger partial charge on any atom is 0.126 e. The maximum atomic E-state index is 13.7. The van der Waals surface area contributed by atoms with E-state index in [9.17, 15) is 4.39 Å². The summed E-state index contributed by atoms with van der Waals surface area (Å²) in [5, 5.41) is 7.78. The molecule has 2 aromatic rings. The molecule has 20 heavy (non-hydrogen) atoms. The zero-order chi connectivity index (χ0) is 14.7. The molecule has 1 aromatic carbocycles. The van der Waals surface area contributed by atoms with Crippen LogP contribution in [0, 0.1) is 12.7 Å². The fourth-order valence-corrected chi connectivity index (χ4v) is 2.20. The molecule has 0 radical (unpaired) electrons. The van der Waals surface area contributed by atoms with Crippen molar-refractivity contribution >= 4 is 0 Å². The number of rotatable bonds is 5. The number of hydrogen-bond acceptors (Lipinski definition) is 2. The SMILES string of the molecule is CNC(Cc1ccn(C(C)C)n1)c1ccc(C)c(F)c1. The normalized spacial score (nSPS) is 12.9. The minimum absolute atomic E-state index is 0.0700. The van der Waals surface area contributed by atoms with Gasteiger partial charge in [0.15, 0.2) is 0 Å². The maximum absolute atomic E-state index is 13.7. The minimum Gasteiger partial charge on any atom is -0.313 e. The molecule has 0 spiro atoms. The van der Waals surface area contributed by atoms with Crippen LogP contribution in [0.4, 0.5) is 4.39 Å². The number of nitrogens with one attached hydrogen (secondary N) is 1. The molecular weight excluding hydrogens is 253 g/mol. The smallest absolute Gasteiger partial charge is 0.126 e. The molecule has 0 saturated heterocycles. The Kier molecular flexibility index (Phi) is 4.55. The van der Waals surface area contributed by atoms with Gasteiger partial charge in [-0.3, -0.25) is 4.68 Å². The molecular formula is C16H22FN3. The van der Waals surface area contributed by atoms with Crippen molar-refractivity contribution in [1.82, 2.24) is 15.1 Å². The van der Waals surface area contributed by atoms with Crippen LogP contribution < -0.4 is 5.32 Å². The molecule has 1 heterocycles. The van der Waals surface area contributed by atoms with E-state index in [4.69, 9.17) is 0 Å². The molecule has 0 bridgehead atoms. The van der Waals surface area contributed by atoms with Crippen LogP contribution in [0.15, 0.2) is 30.5 Å². The van der Waals surface area contributed by atoms with Crippen molar-refractivity contribution in [2.75, 3.05) is 7.05 Å². The van der Waals surface area contributed by atoms with Gasteiger partial charge >= 0.3 is 0 Å². The second-order valence-corrected chi connectivity index (χ2v) is 5.43. The molecule has 2 rings (SSSR count). The Morgan fingerprint density at radius 1 is 1.30 bits per heavy atom. The fourth-order valence-electron chi connectivity index (χ4n) is 2.20. The van der Waals surface area contributed by atoms with Crippen molar-refractivity contribution < 1.29 is 4.39 Å². The van der Waals surface area contributed by atoms with Gasteiger partial charge in [-0.1, -0.05) is 12.1 Å². The van der Waals surface area contributed by atoms with Crippen molar-refractivity contribution in [3.63, 3.8) is 0 Å². The molecule has 0 amide bonds. The van der Waals surface area contributed by atoms with E-state index in [1.54, 1.807) is 13.0 Å². The topological polar surface area (TPSA) is 29.9 Å². The predicted molar refractivity (Wildman–Crippen MR) is 79.3 cm³/mol. The lowest BCUT2D eigenvalue weighted by Crippen LogP contribution is -2.19. The largest absolute Gasteiger partial charge is 0.313 e. The van der Waals surface area contributed by atoms with Crippen LogP contribution in [0.2, 0.25) is 0 Å². The van der Waals surface area contributed by atoms with Gasteiger partial charge in [-0.25, -0.2) is 4.39 Å². The van der Waals surface area contributed by atoms with Crippen molar-refractivity contribution in [2.45, 2.75) is 39.3 Å². The summed E-state index contributed by atoms with van der Waals surface area (Å²) in [6.45, 7) is 5.97. The van der Waals surface area contributed by atoms with Crippen LogP contribution in [0.25, 0.3) is 0 Å². The van der Waals surface area contributed by atoms with Gasteiger partial charge in [-0.15, -0.1) is 0 Å². The highest BCUT2D eigenvalue weighted by Gasteiger charge is 2.13. The van der Waals surface area contributed by atoms with Crippen molar-refractivity contribution in [3.05, 3.63) is 53.1 Å². The molecule has 3 nitrogen and oxygen atoms in total. The lowest BCUT2D eigenvalue weighted by molar-refractivity contribution is 0.514. The highest BCUT2D eigenvalue weighted by Crippen LogP contribution is 2.20. The van der Waals surface area contributed by atoms with E-state index >= 15 is 0 Å². The third-order valence-corrected chi connectivity index (χ3v) is 3.55. The number of nitrogens with zero attached hydrogens (tertiary/aromatic N) is 2. The minimum atomic E-state index is -0.157. The molecule has 0 aliphatic heterocycles. The highest BCUT2D eigenvalue weighted by molar-refractivity contribution is 5.26. The predicted octanol–water partition coefficient (Wildman–Crippen LogP) is 3.41. The Bertz CT molecular complexity index is 575. The number of halogens is 1. The van der Waals surface area contributed by atoms with E-state index in [0.29, 0.717) is 11.6 Å². The Hall–Kier alpha value is -1.68. The Labute approximate surface area is 119 Å². The van der Waals surface area contributed by atoms with E-state index in [2.05, 4.69) is 24.3 Å². The summed E-state index contributed by atoms with van der Waals surface area (Å²) in [6.07, 6.45) is 2.74. The summed E-state index contributed by atoms with van der Waals surface area (Å²) >= 11 is 0. The highest BCUT2D eigenvalue weighted by atomic mass is 19.1. The summed E-state index contributed by atoms with van der Waals surface area (Å²) in [4.78, 5) is 0. The number of aryl methyl sites for hydroxylation is 1. The van der Waals surface area contributed by atoms with Crippen LogP contribution >= 0.6 is 0 Å². The summed E-state index contributed by atoms with van der Waals surface area (Å²) < 4.78 is 15.6. The first-order chi connectivity index (χ1) is 9.51. The van der Waals surface area contributed by atoms with Gasteiger partial charge in [-0.2, -0.15) is 5.10 Å². The van der Waals surface area contributed by atoms with Gasteiger partial charge < -0.3 is 5.32 Å². The lowest BCUT2D eigenvalue weighted by Gasteiger charge is -2.16. The molecule has 0 aliphatic carbocycles. The average molecular weight is 275 g/mol. The monoisotopic (exact) mass is 275 g/mol. The summed E-state index contributed by atoms with van der Waals surface area (Å²) in [6, 6.07) is 7.85. The Morgan fingerprint density at radius 2 is 2.05 bits per heavy atom. The second kappa shape index (κ2) is 6.18. The molecule has 0 aliphatic rings. The van der Waals surface area contributed by atoms with Crippen molar-refractivity contribution in [1.29, 1.82) is 0 Å². The van der Waals surface area contributed by atoms with Gasteiger partial charge in [0.2, 0.25) is 0 Å². The van der Waals surface area contributed by atoms with E-state index in [1.807, 2.05) is 36.1 Å². The number of hydrogen-bond donors (Lipinski definition) is 1. The second-order valence-electron chi connectivity index (χ2n) is 5.43. The van der Waals surface area contributed by atoms with Gasteiger partial charge in [0, 0.05) is 24.7 Å². The third-order valence-electron chi connectivity index (χ3n) is 3.55. The number of benzene rings is 1. The summed E-state index contributed by atoms with van der Waals surface area (Å²) in [5.74, 6) is -0.157. The van der Waals surface area contributed by atoms with Crippen molar-refractivity contribution in [3.8, 4) is 0 Å². The molecule has 1 unspecified atom stereocenters. The van der Waals surface area contributed by atoms with E-state index < -0.39 is 0 Å². The van der Waals surface area contributed by atoms with Crippen LogP contribution in [0.3, 0.4) is 0 Å². The molecule has 1 aromatic heterocycles.